The van der Waals surface area contributed by atoms with Gasteiger partial charge in [0.15, 0.2) is 0 Å². The molecule has 1 N–H and O–H groups in total. The van der Waals surface area contributed by atoms with Gasteiger partial charge in [0.05, 0.1) is 0 Å². The first-order valence-electron chi connectivity index (χ1n) is 7.45. The molecular formula is C15H29N. The molecule has 0 aromatic heterocycles. The van der Waals surface area contributed by atoms with Crippen molar-refractivity contribution in [1.29, 1.82) is 0 Å². The SMILES string of the molecule is CCCNC(C1CC1)C1CCC(C)C(C)C1. The average Bonchev–Trinajstić information content (AvgIpc) is 3.08. The quantitative estimate of drug-likeness (QED) is 0.747. The third-order valence-electron chi connectivity index (χ3n) is 4.91. The van der Waals surface area contributed by atoms with E-state index >= 15 is 0 Å². The van der Waals surface area contributed by atoms with Crippen LogP contribution in [-0.2, 0) is 0 Å². The fourth-order valence-corrected chi connectivity index (χ4v) is 3.40. The summed E-state index contributed by atoms with van der Waals surface area (Å²) in [5, 5.41) is 3.84. The second kappa shape index (κ2) is 5.53. The van der Waals surface area contributed by atoms with Gasteiger partial charge in [0.25, 0.3) is 0 Å². The second-order valence-corrected chi connectivity index (χ2v) is 6.35. The molecule has 0 aromatic rings. The molecule has 0 heterocycles. The van der Waals surface area contributed by atoms with Gasteiger partial charge in [0.1, 0.15) is 0 Å². The van der Waals surface area contributed by atoms with Gasteiger partial charge in [-0.25, -0.2) is 0 Å². The van der Waals surface area contributed by atoms with Crippen molar-refractivity contribution < 1.29 is 0 Å². The van der Waals surface area contributed by atoms with E-state index in [0.29, 0.717) is 0 Å². The van der Waals surface area contributed by atoms with Gasteiger partial charge in [-0.05, 0) is 62.3 Å². The maximum Gasteiger partial charge on any atom is 0.0124 e. The Hall–Kier alpha value is -0.0400. The van der Waals surface area contributed by atoms with Crippen molar-refractivity contribution in [3.63, 3.8) is 0 Å². The van der Waals surface area contributed by atoms with Crippen molar-refractivity contribution in [1.82, 2.24) is 5.32 Å². The highest BCUT2D eigenvalue weighted by Crippen LogP contribution is 2.42. The smallest absolute Gasteiger partial charge is 0.0124 e. The molecule has 0 radical (unpaired) electrons. The van der Waals surface area contributed by atoms with Crippen molar-refractivity contribution in [3.05, 3.63) is 0 Å². The zero-order valence-electron chi connectivity index (χ0n) is 11.3. The van der Waals surface area contributed by atoms with Gasteiger partial charge >= 0.3 is 0 Å². The fourth-order valence-electron chi connectivity index (χ4n) is 3.40. The number of rotatable bonds is 5. The normalized spacial score (nSPS) is 37.3. The minimum Gasteiger partial charge on any atom is -0.313 e. The highest BCUT2D eigenvalue weighted by molar-refractivity contribution is 4.93. The van der Waals surface area contributed by atoms with E-state index in [1.54, 1.807) is 0 Å². The first kappa shape index (κ1) is 12.4. The predicted octanol–water partition coefficient (Wildman–Crippen LogP) is 3.84. The summed E-state index contributed by atoms with van der Waals surface area (Å²) in [6.07, 6.45) is 8.66. The van der Waals surface area contributed by atoms with Crippen molar-refractivity contribution in [3.8, 4) is 0 Å². The highest BCUT2D eigenvalue weighted by Gasteiger charge is 2.38. The summed E-state index contributed by atoms with van der Waals surface area (Å²) in [5.74, 6) is 3.91. The summed E-state index contributed by atoms with van der Waals surface area (Å²) in [4.78, 5) is 0. The molecule has 4 unspecified atom stereocenters. The second-order valence-electron chi connectivity index (χ2n) is 6.35. The lowest BCUT2D eigenvalue weighted by Crippen LogP contribution is -2.41. The molecule has 2 rings (SSSR count). The topological polar surface area (TPSA) is 12.0 Å². The Morgan fingerprint density at radius 1 is 1.00 bits per heavy atom. The van der Waals surface area contributed by atoms with Crippen LogP contribution in [0.1, 0.15) is 59.3 Å². The summed E-state index contributed by atoms with van der Waals surface area (Å²) in [5.41, 5.74) is 0. The maximum atomic E-state index is 3.84. The molecule has 4 atom stereocenters. The zero-order valence-corrected chi connectivity index (χ0v) is 11.3. The van der Waals surface area contributed by atoms with Gasteiger partial charge in [-0.15, -0.1) is 0 Å². The lowest BCUT2D eigenvalue weighted by molar-refractivity contribution is 0.161. The van der Waals surface area contributed by atoms with Gasteiger partial charge in [-0.3, -0.25) is 0 Å². The van der Waals surface area contributed by atoms with Gasteiger partial charge in [-0.2, -0.15) is 0 Å². The number of hydrogen-bond donors (Lipinski definition) is 1. The van der Waals surface area contributed by atoms with E-state index in [4.69, 9.17) is 0 Å². The van der Waals surface area contributed by atoms with Gasteiger partial charge in [-0.1, -0.05) is 27.2 Å². The molecule has 0 aliphatic heterocycles. The summed E-state index contributed by atoms with van der Waals surface area (Å²) in [7, 11) is 0. The lowest BCUT2D eigenvalue weighted by Gasteiger charge is -2.37. The van der Waals surface area contributed by atoms with Crippen LogP contribution in [0.5, 0.6) is 0 Å². The third kappa shape index (κ3) is 3.00. The van der Waals surface area contributed by atoms with Crippen LogP contribution < -0.4 is 5.32 Å². The summed E-state index contributed by atoms with van der Waals surface area (Å²) in [6, 6.07) is 0.856. The molecule has 2 aliphatic carbocycles. The molecule has 2 saturated carbocycles. The van der Waals surface area contributed by atoms with Crippen molar-refractivity contribution in [2.75, 3.05) is 6.54 Å². The van der Waals surface area contributed by atoms with Crippen molar-refractivity contribution in [2.45, 2.75) is 65.3 Å². The Labute approximate surface area is 101 Å². The summed E-state index contributed by atoms with van der Waals surface area (Å²) >= 11 is 0. The molecule has 0 spiro atoms. The van der Waals surface area contributed by atoms with Crippen LogP contribution in [0.3, 0.4) is 0 Å². The molecule has 0 aromatic carbocycles. The summed E-state index contributed by atoms with van der Waals surface area (Å²) < 4.78 is 0. The summed E-state index contributed by atoms with van der Waals surface area (Å²) in [6.45, 7) is 8.40. The Morgan fingerprint density at radius 3 is 2.25 bits per heavy atom. The average molecular weight is 223 g/mol. The van der Waals surface area contributed by atoms with Crippen LogP contribution >= 0.6 is 0 Å². The molecule has 16 heavy (non-hydrogen) atoms. The highest BCUT2D eigenvalue weighted by atomic mass is 14.9. The lowest BCUT2D eigenvalue weighted by atomic mass is 9.72. The van der Waals surface area contributed by atoms with Crippen LogP contribution in [-0.4, -0.2) is 12.6 Å². The van der Waals surface area contributed by atoms with E-state index in [1.807, 2.05) is 0 Å². The molecule has 0 bridgehead atoms. The Bertz CT molecular complexity index is 209. The van der Waals surface area contributed by atoms with E-state index in [9.17, 15) is 0 Å². The van der Waals surface area contributed by atoms with E-state index in [-0.39, 0.29) is 0 Å². The molecule has 94 valence electrons. The zero-order chi connectivity index (χ0) is 11.5. The Kier molecular flexibility index (Phi) is 4.29. The monoisotopic (exact) mass is 223 g/mol. The molecule has 1 nitrogen and oxygen atoms in total. The van der Waals surface area contributed by atoms with Gasteiger partial charge in [0.2, 0.25) is 0 Å². The van der Waals surface area contributed by atoms with Crippen LogP contribution in [0.2, 0.25) is 0 Å². The maximum absolute atomic E-state index is 3.84. The minimum absolute atomic E-state index is 0.856. The Morgan fingerprint density at radius 2 is 1.69 bits per heavy atom. The van der Waals surface area contributed by atoms with Gasteiger partial charge < -0.3 is 5.32 Å². The minimum atomic E-state index is 0.856. The van der Waals surface area contributed by atoms with Crippen molar-refractivity contribution in [2.24, 2.45) is 23.7 Å². The molecule has 1 heteroatoms. The first-order chi connectivity index (χ1) is 7.72. The molecule has 0 amide bonds. The van der Waals surface area contributed by atoms with Crippen molar-refractivity contribution >= 4 is 0 Å². The van der Waals surface area contributed by atoms with Crippen LogP contribution in [0.25, 0.3) is 0 Å². The number of nitrogens with one attached hydrogen (secondary N) is 1. The predicted molar refractivity (Wildman–Crippen MR) is 70.5 cm³/mol. The number of hydrogen-bond acceptors (Lipinski definition) is 1. The van der Waals surface area contributed by atoms with E-state index < -0.39 is 0 Å². The van der Waals surface area contributed by atoms with Crippen LogP contribution in [0.15, 0.2) is 0 Å². The van der Waals surface area contributed by atoms with Crippen LogP contribution in [0, 0.1) is 23.7 Å². The van der Waals surface area contributed by atoms with Gasteiger partial charge in [0, 0.05) is 6.04 Å². The van der Waals surface area contributed by atoms with E-state index in [1.165, 1.54) is 45.1 Å². The Balaban J connectivity index is 1.87. The third-order valence-corrected chi connectivity index (χ3v) is 4.91. The first-order valence-corrected chi connectivity index (χ1v) is 7.45. The fraction of sp³-hybridized carbons (Fsp3) is 1.00. The standard InChI is InChI=1S/C15H29N/c1-4-9-16-15(13-7-8-13)14-6-5-11(2)12(3)10-14/h11-16H,4-10H2,1-3H3. The largest absolute Gasteiger partial charge is 0.313 e. The van der Waals surface area contributed by atoms with E-state index in [0.717, 1.165) is 29.7 Å². The van der Waals surface area contributed by atoms with E-state index in [2.05, 4.69) is 26.1 Å². The molecule has 2 aliphatic rings. The molecule has 0 saturated heterocycles. The van der Waals surface area contributed by atoms with Crippen LogP contribution in [0.4, 0.5) is 0 Å². The molecule has 2 fully saturated rings. The molecular weight excluding hydrogens is 194 g/mol.